The van der Waals surface area contributed by atoms with Crippen molar-refractivity contribution in [2.45, 2.75) is 119 Å². The van der Waals surface area contributed by atoms with Crippen LogP contribution in [0.1, 0.15) is 70.6 Å². The van der Waals surface area contributed by atoms with Crippen LogP contribution in [0.4, 0.5) is 0 Å². The summed E-state index contributed by atoms with van der Waals surface area (Å²) < 4.78 is 0. The third-order valence-electron chi connectivity index (χ3n) is 11.6. The molecule has 10 N–H and O–H groups in total. The quantitative estimate of drug-likeness (QED) is 0.0619. The molecule has 8 amide bonds. The van der Waals surface area contributed by atoms with Crippen molar-refractivity contribution in [1.82, 2.24) is 46.2 Å². The SMILES string of the molecule is NCCCC[C@H](NC(=O)CNC(=O)[C@@H]1CCCN1C(=O)[C@@H]1C[C@@H](O)CN1)C(=O)N1CCC[C@H]1C(=O)NCC(=O)N1C[C@H](O)C[C@H]1C(=O)N1CCC[C@H]1C(=O)NCC(=O)O. The lowest BCUT2D eigenvalue weighted by Crippen LogP contribution is -2.56. The van der Waals surface area contributed by atoms with Crippen LogP contribution >= 0.6 is 0 Å². The fraction of sp³-hybridized carbons (Fsp3) is 0.757. The van der Waals surface area contributed by atoms with Crippen molar-refractivity contribution in [3.05, 3.63) is 0 Å². The van der Waals surface area contributed by atoms with Crippen molar-refractivity contribution < 1.29 is 58.5 Å². The molecule has 5 fully saturated rings. The Kier molecular flexibility index (Phi) is 16.0. The minimum atomic E-state index is -1.24. The van der Waals surface area contributed by atoms with Gasteiger partial charge in [0.2, 0.25) is 47.3 Å². The largest absolute Gasteiger partial charge is 0.480 e. The Labute approximate surface area is 341 Å². The van der Waals surface area contributed by atoms with Crippen LogP contribution in [0.25, 0.3) is 0 Å². The molecule has 5 heterocycles. The number of likely N-dealkylation sites (tertiary alicyclic amines) is 4. The number of hydrogen-bond donors (Lipinski definition) is 9. The van der Waals surface area contributed by atoms with E-state index in [4.69, 9.17) is 10.8 Å². The molecular formula is C37H58N10O12. The number of unbranched alkanes of at least 4 members (excludes halogenated alkanes) is 1. The lowest BCUT2D eigenvalue weighted by atomic mass is 10.1. The molecule has 0 unspecified atom stereocenters. The Morgan fingerprint density at radius 2 is 1.22 bits per heavy atom. The summed E-state index contributed by atoms with van der Waals surface area (Å²) in [5, 5.41) is 42.2. The van der Waals surface area contributed by atoms with Gasteiger partial charge in [0.15, 0.2) is 0 Å². The summed E-state index contributed by atoms with van der Waals surface area (Å²) in [5.41, 5.74) is 5.67. The van der Waals surface area contributed by atoms with Gasteiger partial charge in [0.1, 0.15) is 36.8 Å². The summed E-state index contributed by atoms with van der Waals surface area (Å²) in [6.45, 7) is -0.400. The molecular weight excluding hydrogens is 776 g/mol. The molecule has 22 heteroatoms. The molecule has 5 rings (SSSR count). The lowest BCUT2D eigenvalue weighted by molar-refractivity contribution is -0.147. The van der Waals surface area contributed by atoms with E-state index in [2.05, 4.69) is 26.6 Å². The van der Waals surface area contributed by atoms with Gasteiger partial charge in [-0.1, -0.05) is 0 Å². The second-order valence-electron chi connectivity index (χ2n) is 15.8. The number of rotatable bonds is 17. The summed E-state index contributed by atoms with van der Waals surface area (Å²) in [4.78, 5) is 123. The molecule has 0 aliphatic carbocycles. The second-order valence-corrected chi connectivity index (χ2v) is 15.8. The number of amides is 8. The number of hydrogen-bond acceptors (Lipinski definition) is 13. The van der Waals surface area contributed by atoms with Crippen LogP contribution in [-0.4, -0.2) is 196 Å². The van der Waals surface area contributed by atoms with Gasteiger partial charge in [-0.3, -0.25) is 43.2 Å². The van der Waals surface area contributed by atoms with Crippen LogP contribution in [-0.2, 0) is 43.2 Å². The van der Waals surface area contributed by atoms with Gasteiger partial charge < -0.3 is 67.2 Å². The average Bonchev–Trinajstić information content (AvgIpc) is 4.07. The smallest absolute Gasteiger partial charge is 0.322 e. The van der Waals surface area contributed by atoms with E-state index < -0.39 is 115 Å². The highest BCUT2D eigenvalue weighted by Crippen LogP contribution is 2.26. The molecule has 0 aromatic rings. The number of nitrogens with two attached hydrogens (primary N) is 1. The number of carbonyl (C=O) groups is 9. The van der Waals surface area contributed by atoms with Crippen LogP contribution in [0.5, 0.6) is 0 Å². The Bertz CT molecular complexity index is 1620. The van der Waals surface area contributed by atoms with E-state index in [1.54, 1.807) is 0 Å². The summed E-state index contributed by atoms with van der Waals surface area (Å²) in [6, 6.07) is -5.44. The first-order valence-corrected chi connectivity index (χ1v) is 20.5. The molecule has 0 aromatic carbocycles. The number of aliphatic hydroxyl groups excluding tert-OH is 2. The van der Waals surface area contributed by atoms with Gasteiger partial charge in [-0.15, -0.1) is 0 Å². The van der Waals surface area contributed by atoms with Crippen molar-refractivity contribution in [3.63, 3.8) is 0 Å². The summed E-state index contributed by atoms with van der Waals surface area (Å²) in [6.07, 6.45) is 2.26. The molecule has 59 heavy (non-hydrogen) atoms. The normalized spacial score (nSPS) is 27.1. The minimum absolute atomic E-state index is 0.0903. The maximum Gasteiger partial charge on any atom is 0.322 e. The van der Waals surface area contributed by atoms with E-state index in [0.29, 0.717) is 58.0 Å². The van der Waals surface area contributed by atoms with E-state index in [1.807, 2.05) is 0 Å². The fourth-order valence-corrected chi connectivity index (χ4v) is 8.67. The van der Waals surface area contributed by atoms with E-state index in [1.165, 1.54) is 14.7 Å². The van der Waals surface area contributed by atoms with Crippen LogP contribution in [0, 0.1) is 0 Å². The Morgan fingerprint density at radius 1 is 0.661 bits per heavy atom. The van der Waals surface area contributed by atoms with Crippen LogP contribution in [0.3, 0.4) is 0 Å². The third kappa shape index (κ3) is 11.4. The van der Waals surface area contributed by atoms with E-state index in [9.17, 15) is 53.4 Å². The van der Waals surface area contributed by atoms with Crippen molar-refractivity contribution in [1.29, 1.82) is 0 Å². The highest BCUT2D eigenvalue weighted by Gasteiger charge is 2.45. The molecule has 0 aromatic heterocycles. The maximum atomic E-state index is 13.9. The number of nitrogens with one attached hydrogen (secondary N) is 5. The number of nitrogens with zero attached hydrogens (tertiary/aromatic N) is 4. The van der Waals surface area contributed by atoms with Gasteiger partial charge >= 0.3 is 5.97 Å². The number of carbonyl (C=O) groups excluding carboxylic acids is 8. The van der Waals surface area contributed by atoms with E-state index in [0.717, 1.165) is 4.90 Å². The fourth-order valence-electron chi connectivity index (χ4n) is 8.67. The molecule has 0 saturated carbocycles. The Morgan fingerprint density at radius 3 is 1.80 bits per heavy atom. The highest BCUT2D eigenvalue weighted by atomic mass is 16.4. The predicted molar refractivity (Wildman–Crippen MR) is 204 cm³/mol. The number of carboxylic acids is 1. The molecule has 5 aliphatic heterocycles. The van der Waals surface area contributed by atoms with Crippen LogP contribution in [0.2, 0.25) is 0 Å². The maximum absolute atomic E-state index is 13.9. The van der Waals surface area contributed by atoms with Gasteiger partial charge in [0, 0.05) is 39.1 Å². The zero-order valence-electron chi connectivity index (χ0n) is 33.1. The molecule has 8 atom stereocenters. The first kappa shape index (κ1) is 45.2. The van der Waals surface area contributed by atoms with Crippen LogP contribution < -0.4 is 32.3 Å². The lowest BCUT2D eigenvalue weighted by Gasteiger charge is -2.31. The van der Waals surface area contributed by atoms with Crippen LogP contribution in [0.15, 0.2) is 0 Å². The zero-order chi connectivity index (χ0) is 42.8. The standard InChI is InChI=1S/C37H58N10O12/c38-10-2-1-6-23(43-29(50)17-40-32(54)25-7-4-12-45(25)36(58)24-14-21(48)16-39-24)35(57)44-11-3-8-26(44)33(55)41-18-30(51)47-20-22(49)15-28(47)37(59)46-13-5-9-27(46)34(56)42-19-31(52)53/h21-28,39,48-49H,1-20,38H2,(H,40,54)(H,41,55)(H,42,56)(H,43,50)(H,52,53)/t21-,22-,23+,24+,25+,26+,27+,28+/m1/s1. The molecule has 0 bridgehead atoms. The topological polar surface area (TPSA) is 313 Å². The van der Waals surface area contributed by atoms with Gasteiger partial charge in [0.05, 0.1) is 31.3 Å². The van der Waals surface area contributed by atoms with Gasteiger partial charge in [0.25, 0.3) is 0 Å². The van der Waals surface area contributed by atoms with Crippen molar-refractivity contribution in [3.8, 4) is 0 Å². The predicted octanol–water partition coefficient (Wildman–Crippen LogP) is -5.31. The molecule has 5 saturated heterocycles. The summed E-state index contributed by atoms with van der Waals surface area (Å²) in [5.74, 6) is -5.71. The number of aliphatic hydroxyl groups is 2. The van der Waals surface area contributed by atoms with E-state index >= 15 is 0 Å². The van der Waals surface area contributed by atoms with E-state index in [-0.39, 0.29) is 57.8 Å². The summed E-state index contributed by atoms with van der Waals surface area (Å²) >= 11 is 0. The second kappa shape index (κ2) is 20.9. The number of β-amino-alcohol motifs (C(OH)–C–C–N with tert-alkyl or cyclic N) is 2. The van der Waals surface area contributed by atoms with Gasteiger partial charge in [-0.2, -0.15) is 0 Å². The first-order chi connectivity index (χ1) is 28.2. The first-order valence-electron chi connectivity index (χ1n) is 20.5. The van der Waals surface area contributed by atoms with Gasteiger partial charge in [-0.25, -0.2) is 0 Å². The summed E-state index contributed by atoms with van der Waals surface area (Å²) in [7, 11) is 0. The third-order valence-corrected chi connectivity index (χ3v) is 11.6. The molecule has 22 nitrogen and oxygen atoms in total. The Hall–Kier alpha value is -4.93. The zero-order valence-corrected chi connectivity index (χ0v) is 33.1. The molecule has 328 valence electrons. The number of aliphatic carboxylic acids is 1. The monoisotopic (exact) mass is 834 g/mol. The number of carboxylic acid groups (broad SMARTS) is 1. The molecule has 5 aliphatic rings. The minimum Gasteiger partial charge on any atom is -0.480 e. The van der Waals surface area contributed by atoms with Gasteiger partial charge in [-0.05, 0) is 70.8 Å². The average molecular weight is 835 g/mol. The molecule has 0 radical (unpaired) electrons. The van der Waals surface area contributed by atoms with Crippen molar-refractivity contribution in [2.24, 2.45) is 5.73 Å². The Balaban J connectivity index is 1.14. The van der Waals surface area contributed by atoms with Crippen molar-refractivity contribution >= 4 is 53.2 Å². The van der Waals surface area contributed by atoms with Crippen molar-refractivity contribution in [2.75, 3.05) is 58.9 Å². The highest BCUT2D eigenvalue weighted by molar-refractivity contribution is 5.97. The molecule has 0 spiro atoms.